The normalized spacial score (nSPS) is 18.5. The van der Waals surface area contributed by atoms with Gasteiger partial charge in [0, 0.05) is 17.1 Å². The minimum atomic E-state index is -0.623. The van der Waals surface area contributed by atoms with E-state index in [0.29, 0.717) is 12.8 Å². The maximum absolute atomic E-state index is 13.7. The van der Waals surface area contributed by atoms with Crippen LogP contribution >= 0.6 is 0 Å². The molecule has 1 fully saturated rings. The zero-order chi connectivity index (χ0) is 29.7. The van der Waals surface area contributed by atoms with Gasteiger partial charge in [-0.25, -0.2) is 0 Å². The van der Waals surface area contributed by atoms with Gasteiger partial charge in [-0.1, -0.05) is 60.7 Å². The molecule has 1 radical (unpaired) electrons. The molecule has 0 aromatic heterocycles. The largest absolute Gasteiger partial charge is 0.368 e. The molecular formula is C31H44N5O4. The number of amides is 3. The molecule has 2 aromatic rings. The van der Waals surface area contributed by atoms with Crippen molar-refractivity contribution in [3.8, 4) is 0 Å². The van der Waals surface area contributed by atoms with Gasteiger partial charge in [0.2, 0.25) is 17.7 Å². The number of benzene rings is 2. The van der Waals surface area contributed by atoms with E-state index >= 15 is 0 Å². The molecule has 1 saturated heterocycles. The molecule has 40 heavy (non-hydrogen) atoms. The quantitative estimate of drug-likeness (QED) is 0.443. The van der Waals surface area contributed by atoms with Crippen LogP contribution in [0, 0.1) is 0 Å². The van der Waals surface area contributed by atoms with Crippen molar-refractivity contribution in [1.29, 1.82) is 0 Å². The summed E-state index contributed by atoms with van der Waals surface area (Å²) in [5, 5.41) is 17.3. The average molecular weight is 551 g/mol. The third-order valence-electron chi connectivity index (χ3n) is 7.90. The number of hydrogen-bond acceptors (Lipinski definition) is 5. The summed E-state index contributed by atoms with van der Waals surface area (Å²) in [4.78, 5) is 42.4. The zero-order valence-electron chi connectivity index (χ0n) is 24.6. The van der Waals surface area contributed by atoms with Crippen LogP contribution in [-0.2, 0) is 19.6 Å². The summed E-state index contributed by atoms with van der Waals surface area (Å²) in [5.41, 5.74) is 6.14. The molecule has 3 N–H and O–H groups in total. The molecule has 217 valence electrons. The van der Waals surface area contributed by atoms with Crippen LogP contribution in [0.5, 0.6) is 0 Å². The van der Waals surface area contributed by atoms with Crippen molar-refractivity contribution < 1.29 is 19.6 Å². The second kappa shape index (κ2) is 12.9. The van der Waals surface area contributed by atoms with Crippen molar-refractivity contribution in [2.45, 2.75) is 83.6 Å². The SMILES string of the molecule is C[C@@H](c1ccccc1)N(CC(N)=O)C(=O)CN(C(=O)CNC1CC(C)(C)N([O])C(C)(C)C1)[C@@H](C)c1ccccc1. The third-order valence-corrected chi connectivity index (χ3v) is 7.90. The smallest absolute Gasteiger partial charge is 0.243 e. The Kier molecular flexibility index (Phi) is 10.1. The Morgan fingerprint density at radius 3 is 1.68 bits per heavy atom. The van der Waals surface area contributed by atoms with Crippen molar-refractivity contribution in [3.05, 3.63) is 71.8 Å². The summed E-state index contributed by atoms with van der Waals surface area (Å²) < 4.78 is 0. The van der Waals surface area contributed by atoms with E-state index in [0.717, 1.165) is 16.2 Å². The predicted molar refractivity (Wildman–Crippen MR) is 154 cm³/mol. The molecule has 2 atom stereocenters. The number of nitrogens with zero attached hydrogens (tertiary/aromatic N) is 3. The van der Waals surface area contributed by atoms with Gasteiger partial charge < -0.3 is 20.9 Å². The van der Waals surface area contributed by atoms with Crippen LogP contribution in [0.2, 0.25) is 0 Å². The maximum atomic E-state index is 13.7. The molecule has 9 nitrogen and oxygen atoms in total. The number of carbonyl (C=O) groups is 3. The highest BCUT2D eigenvalue weighted by Crippen LogP contribution is 2.37. The first-order chi connectivity index (χ1) is 18.7. The van der Waals surface area contributed by atoms with E-state index in [1.165, 1.54) is 4.90 Å². The molecule has 3 amide bonds. The second-order valence-electron chi connectivity index (χ2n) is 12.1. The summed E-state index contributed by atoms with van der Waals surface area (Å²) >= 11 is 0. The van der Waals surface area contributed by atoms with Crippen LogP contribution in [0.4, 0.5) is 0 Å². The summed E-state index contributed by atoms with van der Waals surface area (Å²) in [7, 11) is 0. The van der Waals surface area contributed by atoms with Gasteiger partial charge in [0.1, 0.15) is 6.54 Å². The fourth-order valence-electron chi connectivity index (χ4n) is 5.85. The summed E-state index contributed by atoms with van der Waals surface area (Å²) in [6, 6.07) is 18.1. The first kappa shape index (κ1) is 31.3. The molecule has 0 unspecified atom stereocenters. The molecular weight excluding hydrogens is 506 g/mol. The Morgan fingerprint density at radius 2 is 1.25 bits per heavy atom. The Morgan fingerprint density at radius 1 is 0.825 bits per heavy atom. The molecule has 9 heteroatoms. The number of nitrogens with two attached hydrogens (primary N) is 1. The van der Waals surface area contributed by atoms with Crippen LogP contribution in [-0.4, -0.2) is 69.3 Å². The fourth-order valence-corrected chi connectivity index (χ4v) is 5.85. The first-order valence-corrected chi connectivity index (χ1v) is 13.9. The van der Waals surface area contributed by atoms with Crippen molar-refractivity contribution >= 4 is 17.7 Å². The molecule has 1 aliphatic rings. The topological polar surface area (TPSA) is 119 Å². The van der Waals surface area contributed by atoms with Gasteiger partial charge in [-0.2, -0.15) is 0 Å². The molecule has 0 bridgehead atoms. The van der Waals surface area contributed by atoms with E-state index in [9.17, 15) is 19.6 Å². The number of piperidine rings is 1. The van der Waals surface area contributed by atoms with Gasteiger partial charge in [0.25, 0.3) is 0 Å². The number of hydroxylamine groups is 2. The molecule has 0 saturated carbocycles. The number of nitrogens with one attached hydrogen (secondary N) is 1. The first-order valence-electron chi connectivity index (χ1n) is 13.9. The minimum Gasteiger partial charge on any atom is -0.368 e. The van der Waals surface area contributed by atoms with Crippen molar-refractivity contribution in [2.24, 2.45) is 5.73 Å². The van der Waals surface area contributed by atoms with E-state index in [-0.39, 0.29) is 37.5 Å². The lowest BCUT2D eigenvalue weighted by Gasteiger charge is -2.50. The van der Waals surface area contributed by atoms with Crippen LogP contribution in [0.1, 0.15) is 77.6 Å². The van der Waals surface area contributed by atoms with E-state index in [1.807, 2.05) is 102 Å². The lowest BCUT2D eigenvalue weighted by atomic mass is 9.79. The van der Waals surface area contributed by atoms with Crippen LogP contribution in [0.25, 0.3) is 0 Å². The molecule has 3 rings (SSSR count). The zero-order valence-corrected chi connectivity index (χ0v) is 24.6. The van der Waals surface area contributed by atoms with Crippen LogP contribution < -0.4 is 11.1 Å². The monoisotopic (exact) mass is 550 g/mol. The van der Waals surface area contributed by atoms with E-state index in [2.05, 4.69) is 5.32 Å². The van der Waals surface area contributed by atoms with Crippen molar-refractivity contribution in [1.82, 2.24) is 20.2 Å². The van der Waals surface area contributed by atoms with E-state index in [1.54, 1.807) is 4.90 Å². The van der Waals surface area contributed by atoms with Gasteiger partial charge in [-0.05, 0) is 65.5 Å². The summed E-state index contributed by atoms with van der Waals surface area (Å²) in [6.07, 6.45) is 1.20. The summed E-state index contributed by atoms with van der Waals surface area (Å²) in [6.45, 7) is 11.0. The predicted octanol–water partition coefficient (Wildman–Crippen LogP) is 3.61. The highest BCUT2D eigenvalue weighted by molar-refractivity contribution is 5.89. The molecule has 0 spiro atoms. The Balaban J connectivity index is 1.82. The van der Waals surface area contributed by atoms with Crippen LogP contribution in [0.15, 0.2) is 60.7 Å². The van der Waals surface area contributed by atoms with Gasteiger partial charge in [0.15, 0.2) is 0 Å². The standard InChI is InChI=1S/C31H44N5O4/c1-22(24-13-9-7-10-14-24)34(20-27(32)37)29(39)21-35(23(2)25-15-11-8-12-16-25)28(38)19-33-26-17-30(3,4)36(40)31(5,6)18-26/h7-16,22-23,26,33H,17-21H2,1-6H3,(H2,32,37)/t22-,23-/m0/s1. The number of carbonyl (C=O) groups excluding carboxylic acids is 3. The highest BCUT2D eigenvalue weighted by Gasteiger charge is 2.46. The third kappa shape index (κ3) is 7.68. The second-order valence-corrected chi connectivity index (χ2v) is 12.1. The van der Waals surface area contributed by atoms with Gasteiger partial charge >= 0.3 is 0 Å². The van der Waals surface area contributed by atoms with E-state index in [4.69, 9.17) is 5.73 Å². The van der Waals surface area contributed by atoms with Gasteiger partial charge in [-0.3, -0.25) is 14.4 Å². The van der Waals surface area contributed by atoms with Crippen molar-refractivity contribution in [2.75, 3.05) is 19.6 Å². The highest BCUT2D eigenvalue weighted by atomic mass is 16.5. The Hall–Kier alpha value is -3.27. The lowest BCUT2D eigenvalue weighted by molar-refractivity contribution is -0.290. The molecule has 1 heterocycles. The van der Waals surface area contributed by atoms with Gasteiger partial charge in [0.05, 0.1) is 25.2 Å². The molecule has 2 aromatic carbocycles. The van der Waals surface area contributed by atoms with Gasteiger partial charge in [-0.15, -0.1) is 10.3 Å². The van der Waals surface area contributed by atoms with Crippen LogP contribution in [0.3, 0.4) is 0 Å². The maximum Gasteiger partial charge on any atom is 0.243 e. The number of hydrogen-bond donors (Lipinski definition) is 2. The number of rotatable bonds is 11. The molecule has 1 aliphatic heterocycles. The van der Waals surface area contributed by atoms with Crippen molar-refractivity contribution in [3.63, 3.8) is 0 Å². The average Bonchev–Trinajstić information content (AvgIpc) is 2.91. The lowest BCUT2D eigenvalue weighted by Crippen LogP contribution is -2.62. The molecule has 0 aliphatic carbocycles. The van der Waals surface area contributed by atoms with E-state index < -0.39 is 29.1 Å². The summed E-state index contributed by atoms with van der Waals surface area (Å²) in [5.74, 6) is -1.23. The Bertz CT molecular complexity index is 1140. The Labute approximate surface area is 238 Å². The number of primary amides is 1. The minimum absolute atomic E-state index is 0.0181. The fraction of sp³-hybridized carbons (Fsp3) is 0.516.